The number of aromatic nitrogens is 1. The maximum atomic E-state index is 12.5. The van der Waals surface area contributed by atoms with Gasteiger partial charge in [-0.15, -0.1) is 13.2 Å². The molecule has 11 heteroatoms. The van der Waals surface area contributed by atoms with Gasteiger partial charge in [0.1, 0.15) is 5.56 Å². The Morgan fingerprint density at radius 3 is 2.59 bits per heavy atom. The Morgan fingerprint density at radius 2 is 1.94 bits per heavy atom. The predicted molar refractivity (Wildman–Crippen MR) is 116 cm³/mol. The summed E-state index contributed by atoms with van der Waals surface area (Å²) in [5, 5.41) is 11.5. The number of alkyl halides is 3. The van der Waals surface area contributed by atoms with Crippen molar-refractivity contribution in [3.8, 4) is 22.8 Å². The zero-order valence-electron chi connectivity index (χ0n) is 18.9. The fourth-order valence-corrected chi connectivity index (χ4v) is 4.72. The summed E-state index contributed by atoms with van der Waals surface area (Å²) in [5.41, 5.74) is 0.857. The van der Waals surface area contributed by atoms with E-state index in [0.717, 1.165) is 18.4 Å². The zero-order chi connectivity index (χ0) is 24.8. The molecule has 2 aliphatic heterocycles. The number of methoxy groups -OCH3 is 1. The molecule has 0 amide bonds. The number of fused-ring (bicyclic) bond motifs is 6. The third kappa shape index (κ3) is 4.31. The molecule has 1 N–H and O–H groups in total. The van der Waals surface area contributed by atoms with E-state index in [2.05, 4.69) is 9.75 Å². The van der Waals surface area contributed by atoms with Gasteiger partial charge in [0.05, 0.1) is 37.6 Å². The Labute approximate surface area is 193 Å². The van der Waals surface area contributed by atoms with Crippen molar-refractivity contribution in [3.63, 3.8) is 0 Å². The molecular formula is C23H25F3N2O6. The first-order valence-corrected chi connectivity index (χ1v) is 10.8. The van der Waals surface area contributed by atoms with Gasteiger partial charge in [0.15, 0.2) is 16.9 Å². The van der Waals surface area contributed by atoms with Crippen LogP contribution < -0.4 is 19.9 Å². The van der Waals surface area contributed by atoms with Crippen LogP contribution in [0.3, 0.4) is 0 Å². The van der Waals surface area contributed by atoms with Gasteiger partial charge in [-0.3, -0.25) is 19.2 Å². The summed E-state index contributed by atoms with van der Waals surface area (Å²) in [4.78, 5) is 24.1. The molecule has 184 valence electrons. The van der Waals surface area contributed by atoms with Crippen LogP contribution in [0.2, 0.25) is 0 Å². The Kier molecular flexibility index (Phi) is 6.01. The Balaban J connectivity index is 1.74. The molecular weight excluding hydrogens is 457 g/mol. The molecule has 0 spiro atoms. The number of carboxylic acids is 1. The van der Waals surface area contributed by atoms with Crippen LogP contribution in [-0.4, -0.2) is 48.0 Å². The Morgan fingerprint density at radius 1 is 1.21 bits per heavy atom. The lowest BCUT2D eigenvalue weighted by atomic mass is 9.93. The molecule has 4 rings (SSSR count). The van der Waals surface area contributed by atoms with Gasteiger partial charge in [0, 0.05) is 24.2 Å². The van der Waals surface area contributed by atoms with Crippen molar-refractivity contribution in [1.29, 1.82) is 0 Å². The van der Waals surface area contributed by atoms with Gasteiger partial charge in [-0.25, -0.2) is 4.79 Å². The monoisotopic (exact) mass is 482 g/mol. The highest BCUT2D eigenvalue weighted by molar-refractivity contribution is 5.88. The van der Waals surface area contributed by atoms with Gasteiger partial charge in [0.2, 0.25) is 0 Å². The number of rotatable bonds is 7. The highest BCUT2D eigenvalue weighted by Crippen LogP contribution is 2.50. The maximum absolute atomic E-state index is 12.5. The van der Waals surface area contributed by atoms with Gasteiger partial charge in [0.25, 0.3) is 0 Å². The van der Waals surface area contributed by atoms with Crippen LogP contribution in [0, 0.1) is 0 Å². The number of nitrogens with zero attached hydrogens (tertiary/aromatic N) is 2. The number of pyridine rings is 1. The second-order valence-corrected chi connectivity index (χ2v) is 8.88. The molecule has 8 nitrogen and oxygen atoms in total. The molecule has 1 saturated heterocycles. The summed E-state index contributed by atoms with van der Waals surface area (Å²) in [6, 6.07) is 4.69. The molecule has 0 saturated carbocycles. The van der Waals surface area contributed by atoms with Gasteiger partial charge in [-0.1, -0.05) is 0 Å². The normalized spacial score (nSPS) is 18.2. The summed E-state index contributed by atoms with van der Waals surface area (Å²) >= 11 is 0. The minimum absolute atomic E-state index is 0.0108. The van der Waals surface area contributed by atoms with E-state index < -0.39 is 24.4 Å². The third-order valence-electron chi connectivity index (χ3n) is 6.22. The van der Waals surface area contributed by atoms with Crippen molar-refractivity contribution in [1.82, 2.24) is 4.68 Å². The molecule has 1 atom stereocenters. The lowest BCUT2D eigenvalue weighted by Gasteiger charge is -2.44. The number of carboxylic acid groups (broad SMARTS) is 1. The van der Waals surface area contributed by atoms with Crippen LogP contribution in [0.5, 0.6) is 11.5 Å². The van der Waals surface area contributed by atoms with E-state index in [-0.39, 0.29) is 30.2 Å². The molecule has 0 unspecified atom stereocenters. The van der Waals surface area contributed by atoms with Gasteiger partial charge < -0.3 is 14.6 Å². The minimum Gasteiger partial charge on any atom is -0.493 e. The van der Waals surface area contributed by atoms with Crippen LogP contribution in [0.25, 0.3) is 11.3 Å². The number of hydrogen-bond donors (Lipinski definition) is 1. The molecule has 1 fully saturated rings. The van der Waals surface area contributed by atoms with Crippen molar-refractivity contribution in [2.24, 2.45) is 0 Å². The van der Waals surface area contributed by atoms with Gasteiger partial charge >= 0.3 is 12.3 Å². The SMILES string of the molecule is COc1cc2c(cc1OCCCOC(F)(F)F)[C@H]1CCC(C)(C)N1n1cc(C(=O)O)c(=O)cc1-2. The number of carbonyl (C=O) groups is 1. The number of benzene rings is 1. The summed E-state index contributed by atoms with van der Waals surface area (Å²) in [7, 11) is 1.44. The summed E-state index contributed by atoms with van der Waals surface area (Å²) in [5.74, 6) is -0.575. The summed E-state index contributed by atoms with van der Waals surface area (Å²) < 4.78 is 53.2. The highest BCUT2D eigenvalue weighted by Gasteiger charge is 2.45. The van der Waals surface area contributed by atoms with E-state index in [4.69, 9.17) is 9.47 Å². The van der Waals surface area contributed by atoms with E-state index in [1.807, 2.05) is 13.8 Å². The number of hydrogen-bond acceptors (Lipinski definition) is 6. The number of ether oxygens (including phenoxy) is 3. The molecule has 0 aliphatic carbocycles. The zero-order valence-corrected chi connectivity index (χ0v) is 18.9. The maximum Gasteiger partial charge on any atom is 0.522 e. The Bertz CT molecular complexity index is 1170. The van der Waals surface area contributed by atoms with E-state index >= 15 is 0 Å². The summed E-state index contributed by atoms with van der Waals surface area (Å²) in [6.07, 6.45) is -1.70. The minimum atomic E-state index is -4.69. The smallest absolute Gasteiger partial charge is 0.493 e. The fraction of sp³-hybridized carbons (Fsp3) is 0.478. The van der Waals surface area contributed by atoms with E-state index in [0.29, 0.717) is 22.8 Å². The predicted octanol–water partition coefficient (Wildman–Crippen LogP) is 4.09. The fourth-order valence-electron chi connectivity index (χ4n) is 4.72. The molecule has 2 aromatic rings. The summed E-state index contributed by atoms with van der Waals surface area (Å²) in [6.45, 7) is 3.55. The lowest BCUT2D eigenvalue weighted by Crippen LogP contribution is -2.50. The molecule has 0 radical (unpaired) electrons. The first kappa shape index (κ1) is 23.9. The van der Waals surface area contributed by atoms with E-state index in [1.54, 1.807) is 16.8 Å². The van der Waals surface area contributed by atoms with Crippen molar-refractivity contribution >= 4 is 5.97 Å². The molecule has 1 aromatic heterocycles. The van der Waals surface area contributed by atoms with E-state index in [1.165, 1.54) is 19.4 Å². The molecule has 1 aromatic carbocycles. The number of halogens is 3. The molecule has 34 heavy (non-hydrogen) atoms. The molecule has 0 bridgehead atoms. The molecule has 2 aliphatic rings. The first-order valence-electron chi connectivity index (χ1n) is 10.8. The standard InChI is InChI=1S/C23H25F3N2O6/c1-22(2)6-5-16-13-10-20(33-7-4-8-34-23(24,25)26)19(32-3)9-14(13)17-11-18(29)15(21(30)31)12-27(17)28(16)22/h9-12,16H,4-8H2,1-3H3,(H,30,31)/t16-/m1/s1. The third-order valence-corrected chi connectivity index (χ3v) is 6.22. The van der Waals surface area contributed by atoms with Crippen LogP contribution >= 0.6 is 0 Å². The van der Waals surface area contributed by atoms with Crippen molar-refractivity contribution in [2.75, 3.05) is 25.3 Å². The van der Waals surface area contributed by atoms with Gasteiger partial charge in [-0.05, 0) is 44.4 Å². The van der Waals surface area contributed by atoms with Crippen molar-refractivity contribution in [3.05, 3.63) is 45.7 Å². The van der Waals surface area contributed by atoms with Crippen molar-refractivity contribution in [2.45, 2.75) is 51.1 Å². The van der Waals surface area contributed by atoms with Crippen LogP contribution in [0.4, 0.5) is 13.2 Å². The van der Waals surface area contributed by atoms with Crippen LogP contribution in [-0.2, 0) is 4.74 Å². The number of aromatic carboxylic acids is 1. The quantitative estimate of drug-likeness (QED) is 0.595. The first-order chi connectivity index (χ1) is 15.9. The van der Waals surface area contributed by atoms with Gasteiger partial charge in [-0.2, -0.15) is 0 Å². The topological polar surface area (TPSA) is 90.2 Å². The van der Waals surface area contributed by atoms with Crippen LogP contribution in [0.1, 0.15) is 55.1 Å². The Hall–Kier alpha value is -3.21. The van der Waals surface area contributed by atoms with Crippen LogP contribution in [0.15, 0.2) is 29.2 Å². The highest BCUT2D eigenvalue weighted by atomic mass is 19.4. The van der Waals surface area contributed by atoms with E-state index in [9.17, 15) is 27.9 Å². The average Bonchev–Trinajstić information content (AvgIpc) is 3.07. The molecule has 3 heterocycles. The second-order valence-electron chi connectivity index (χ2n) is 8.88. The van der Waals surface area contributed by atoms with Crippen molar-refractivity contribution < 1.29 is 37.3 Å². The second kappa shape index (κ2) is 8.53. The average molecular weight is 482 g/mol. The lowest BCUT2D eigenvalue weighted by molar-refractivity contribution is -0.324. The largest absolute Gasteiger partial charge is 0.522 e.